The van der Waals surface area contributed by atoms with Crippen molar-refractivity contribution in [2.75, 3.05) is 5.32 Å². The third-order valence-electron chi connectivity index (χ3n) is 2.88. The second kappa shape index (κ2) is 5.37. The lowest BCUT2D eigenvalue weighted by Crippen LogP contribution is -2.15. The minimum atomic E-state index is -1.03. The first-order chi connectivity index (χ1) is 10.1. The molecule has 6 nitrogen and oxygen atoms in total. The predicted octanol–water partition coefficient (Wildman–Crippen LogP) is 2.28. The topological polar surface area (TPSA) is 83.7 Å². The molecule has 3 rings (SSSR count). The van der Waals surface area contributed by atoms with Crippen LogP contribution in [-0.2, 0) is 11.2 Å². The number of carboxylic acid groups (broad SMARTS) is 1. The maximum absolute atomic E-state index is 12.0. The number of carbonyl (C=O) groups is 2. The maximum atomic E-state index is 12.0. The number of aromatic carboxylic acids is 1. The van der Waals surface area contributed by atoms with Crippen molar-refractivity contribution in [2.24, 2.45) is 0 Å². The normalized spacial score (nSPS) is 10.7. The van der Waals surface area contributed by atoms with E-state index in [4.69, 9.17) is 5.11 Å². The van der Waals surface area contributed by atoms with Crippen molar-refractivity contribution in [2.45, 2.75) is 6.42 Å². The molecule has 0 aliphatic rings. The van der Waals surface area contributed by atoms with E-state index in [2.05, 4.69) is 10.3 Å². The van der Waals surface area contributed by atoms with Gasteiger partial charge in [-0.25, -0.2) is 9.78 Å². The van der Waals surface area contributed by atoms with E-state index in [0.29, 0.717) is 11.4 Å². The molecule has 2 N–H and O–H groups in total. The number of carboxylic acids is 1. The molecule has 1 aromatic carbocycles. The number of rotatable bonds is 4. The average molecular weight is 301 g/mol. The van der Waals surface area contributed by atoms with E-state index in [-0.39, 0.29) is 17.9 Å². The number of benzene rings is 1. The molecule has 0 bridgehead atoms. The van der Waals surface area contributed by atoms with Gasteiger partial charge in [0.15, 0.2) is 4.96 Å². The highest BCUT2D eigenvalue weighted by molar-refractivity contribution is 7.15. The molecule has 1 amide bonds. The van der Waals surface area contributed by atoms with Crippen LogP contribution >= 0.6 is 11.3 Å². The smallest absolute Gasteiger partial charge is 0.335 e. The summed E-state index contributed by atoms with van der Waals surface area (Å²) in [6.45, 7) is 0. The first-order valence-electron chi connectivity index (χ1n) is 6.16. The molecule has 0 unspecified atom stereocenters. The van der Waals surface area contributed by atoms with Crippen molar-refractivity contribution >= 4 is 33.9 Å². The second-order valence-electron chi connectivity index (χ2n) is 4.44. The molecule has 3 aromatic rings. The third-order valence-corrected chi connectivity index (χ3v) is 3.65. The number of carbonyl (C=O) groups excluding carboxylic acids is 1. The van der Waals surface area contributed by atoms with Crippen LogP contribution in [-0.4, -0.2) is 26.4 Å². The van der Waals surface area contributed by atoms with Crippen molar-refractivity contribution < 1.29 is 14.7 Å². The molecule has 0 radical (unpaired) electrons. The van der Waals surface area contributed by atoms with Gasteiger partial charge in [0.25, 0.3) is 0 Å². The molecule has 0 aliphatic carbocycles. The van der Waals surface area contributed by atoms with Gasteiger partial charge in [-0.3, -0.25) is 9.20 Å². The van der Waals surface area contributed by atoms with Gasteiger partial charge < -0.3 is 10.4 Å². The lowest BCUT2D eigenvalue weighted by Gasteiger charge is -2.04. The van der Waals surface area contributed by atoms with Crippen LogP contribution in [0.4, 0.5) is 5.69 Å². The number of thiazole rings is 1. The third kappa shape index (κ3) is 2.92. The number of aromatic nitrogens is 2. The van der Waals surface area contributed by atoms with Crippen molar-refractivity contribution in [3.8, 4) is 0 Å². The Morgan fingerprint density at radius 1 is 1.38 bits per heavy atom. The van der Waals surface area contributed by atoms with Crippen LogP contribution in [0.5, 0.6) is 0 Å². The number of anilines is 1. The zero-order valence-corrected chi connectivity index (χ0v) is 11.6. The molecule has 0 atom stereocenters. The lowest BCUT2D eigenvalue weighted by atomic mass is 10.2. The molecule has 0 fully saturated rings. The van der Waals surface area contributed by atoms with Gasteiger partial charge in [-0.1, -0.05) is 6.07 Å². The van der Waals surface area contributed by atoms with Gasteiger partial charge in [-0.05, 0) is 18.2 Å². The summed E-state index contributed by atoms with van der Waals surface area (Å²) in [7, 11) is 0. The van der Waals surface area contributed by atoms with E-state index in [9.17, 15) is 9.59 Å². The van der Waals surface area contributed by atoms with Crippen LogP contribution in [0.15, 0.2) is 42.0 Å². The Kier molecular flexibility index (Phi) is 3.41. The molecule has 2 heterocycles. The van der Waals surface area contributed by atoms with Crippen LogP contribution < -0.4 is 5.32 Å². The van der Waals surface area contributed by atoms with Crippen molar-refractivity contribution in [3.63, 3.8) is 0 Å². The highest BCUT2D eigenvalue weighted by Crippen LogP contribution is 2.14. The molecule has 0 saturated heterocycles. The van der Waals surface area contributed by atoms with Crippen molar-refractivity contribution in [1.29, 1.82) is 0 Å². The average Bonchev–Trinajstić information content (AvgIpc) is 2.99. The Morgan fingerprint density at radius 2 is 2.24 bits per heavy atom. The fourth-order valence-electron chi connectivity index (χ4n) is 1.96. The Balaban J connectivity index is 1.70. The lowest BCUT2D eigenvalue weighted by molar-refractivity contribution is -0.115. The fourth-order valence-corrected chi connectivity index (χ4v) is 2.68. The molecule has 21 heavy (non-hydrogen) atoms. The maximum Gasteiger partial charge on any atom is 0.335 e. The van der Waals surface area contributed by atoms with Gasteiger partial charge in [-0.2, -0.15) is 0 Å². The van der Waals surface area contributed by atoms with E-state index in [0.717, 1.165) is 4.96 Å². The first-order valence-corrected chi connectivity index (χ1v) is 7.04. The number of amides is 1. The Hall–Kier alpha value is -2.67. The highest BCUT2D eigenvalue weighted by Gasteiger charge is 2.10. The Labute approximate surface area is 123 Å². The van der Waals surface area contributed by atoms with Crippen LogP contribution in [0.1, 0.15) is 16.1 Å². The van der Waals surface area contributed by atoms with E-state index in [1.165, 1.54) is 23.5 Å². The summed E-state index contributed by atoms with van der Waals surface area (Å²) >= 11 is 1.50. The van der Waals surface area contributed by atoms with Gasteiger partial charge in [0, 0.05) is 23.5 Å². The highest BCUT2D eigenvalue weighted by atomic mass is 32.1. The van der Waals surface area contributed by atoms with Gasteiger partial charge in [-0.15, -0.1) is 11.3 Å². The largest absolute Gasteiger partial charge is 0.478 e. The monoisotopic (exact) mass is 301 g/mol. The molecule has 2 aromatic heterocycles. The minimum Gasteiger partial charge on any atom is -0.478 e. The first kappa shape index (κ1) is 13.3. The second-order valence-corrected chi connectivity index (χ2v) is 5.31. The SMILES string of the molecule is O=C(Cc1cn2ccsc2n1)Nc1cccc(C(=O)O)c1. The van der Waals surface area contributed by atoms with Crippen LogP contribution in [0.25, 0.3) is 4.96 Å². The van der Waals surface area contributed by atoms with Gasteiger partial charge in [0.05, 0.1) is 17.7 Å². The van der Waals surface area contributed by atoms with Gasteiger partial charge >= 0.3 is 5.97 Å². The summed E-state index contributed by atoms with van der Waals surface area (Å²) in [6.07, 6.45) is 3.83. The summed E-state index contributed by atoms with van der Waals surface area (Å²) in [6, 6.07) is 6.13. The summed E-state index contributed by atoms with van der Waals surface area (Å²) in [5, 5.41) is 13.5. The summed E-state index contributed by atoms with van der Waals surface area (Å²) < 4.78 is 1.86. The van der Waals surface area contributed by atoms with E-state index < -0.39 is 5.97 Å². The van der Waals surface area contributed by atoms with Gasteiger partial charge in [0.2, 0.25) is 5.91 Å². The molecule has 0 spiro atoms. The number of nitrogens with one attached hydrogen (secondary N) is 1. The van der Waals surface area contributed by atoms with Crippen LogP contribution in [0.3, 0.4) is 0 Å². The van der Waals surface area contributed by atoms with Crippen molar-refractivity contribution in [3.05, 3.63) is 53.3 Å². The number of hydrogen-bond donors (Lipinski definition) is 2. The minimum absolute atomic E-state index is 0.135. The van der Waals surface area contributed by atoms with Crippen LogP contribution in [0, 0.1) is 0 Å². The Bertz CT molecular complexity index is 793. The van der Waals surface area contributed by atoms with E-state index in [1.54, 1.807) is 18.3 Å². The molecule has 106 valence electrons. The number of fused-ring (bicyclic) bond motifs is 1. The molecule has 7 heteroatoms. The standard InChI is InChI=1S/C14H11N3O3S/c18-12(7-11-8-17-4-5-21-14(17)16-11)15-10-3-1-2-9(6-10)13(19)20/h1-6,8H,7H2,(H,15,18)(H,19,20). The summed E-state index contributed by atoms with van der Waals surface area (Å²) in [4.78, 5) is 28.0. The van der Waals surface area contributed by atoms with E-state index in [1.807, 2.05) is 16.0 Å². The number of hydrogen-bond acceptors (Lipinski definition) is 4. The number of nitrogens with zero attached hydrogens (tertiary/aromatic N) is 2. The van der Waals surface area contributed by atoms with E-state index >= 15 is 0 Å². The summed E-state index contributed by atoms with van der Waals surface area (Å²) in [5.41, 5.74) is 1.27. The summed E-state index contributed by atoms with van der Waals surface area (Å²) in [5.74, 6) is -1.26. The quantitative estimate of drug-likeness (QED) is 0.774. The fraction of sp³-hybridized carbons (Fsp3) is 0.0714. The Morgan fingerprint density at radius 3 is 3.00 bits per heavy atom. The number of imidazole rings is 1. The molecule has 0 aliphatic heterocycles. The van der Waals surface area contributed by atoms with Crippen molar-refractivity contribution in [1.82, 2.24) is 9.38 Å². The van der Waals surface area contributed by atoms with Gasteiger partial charge in [0.1, 0.15) is 0 Å². The molecule has 0 saturated carbocycles. The molecular formula is C14H11N3O3S. The zero-order chi connectivity index (χ0) is 14.8. The predicted molar refractivity (Wildman–Crippen MR) is 78.8 cm³/mol. The van der Waals surface area contributed by atoms with Crippen LogP contribution in [0.2, 0.25) is 0 Å². The molecular weight excluding hydrogens is 290 g/mol. The zero-order valence-electron chi connectivity index (χ0n) is 10.8.